The van der Waals surface area contributed by atoms with Gasteiger partial charge in [-0.15, -0.1) is 0 Å². The minimum absolute atomic E-state index is 0.0672. The van der Waals surface area contributed by atoms with Crippen molar-refractivity contribution in [2.75, 3.05) is 5.06 Å². The van der Waals surface area contributed by atoms with E-state index in [9.17, 15) is 5.21 Å². The number of hydrogen-bond acceptors (Lipinski definition) is 3. The maximum atomic E-state index is 9.99. The molecule has 3 rings (SSSR count). The van der Waals surface area contributed by atoms with Crippen molar-refractivity contribution in [1.29, 1.82) is 0 Å². The highest BCUT2D eigenvalue weighted by Crippen LogP contribution is 2.36. The number of nitrogens with zero attached hydrogens (tertiary/aromatic N) is 3. The van der Waals surface area contributed by atoms with Crippen LogP contribution >= 0.6 is 0 Å². The summed E-state index contributed by atoms with van der Waals surface area (Å²) in [4.78, 5) is 4.11. The van der Waals surface area contributed by atoms with Crippen molar-refractivity contribution in [2.45, 2.75) is 13.0 Å². The molecule has 4 heteroatoms. The van der Waals surface area contributed by atoms with E-state index < -0.39 is 0 Å². The predicted octanol–water partition coefficient (Wildman–Crippen LogP) is 2.14. The minimum atomic E-state index is -0.0672. The number of rotatable bonds is 0. The molecule has 1 aliphatic rings. The second-order valence-electron chi connectivity index (χ2n) is 3.70. The van der Waals surface area contributed by atoms with E-state index in [1.165, 1.54) is 5.06 Å². The third-order valence-corrected chi connectivity index (χ3v) is 2.85. The van der Waals surface area contributed by atoms with E-state index in [0.29, 0.717) is 0 Å². The Labute approximate surface area is 87.4 Å². The molecule has 15 heavy (non-hydrogen) atoms. The van der Waals surface area contributed by atoms with Crippen LogP contribution in [0.1, 0.15) is 18.7 Å². The van der Waals surface area contributed by atoms with Gasteiger partial charge in [-0.05, 0) is 19.1 Å². The molecule has 1 aromatic heterocycles. The lowest BCUT2D eigenvalue weighted by Gasteiger charge is -2.32. The summed E-state index contributed by atoms with van der Waals surface area (Å²) in [5.41, 5.74) is 2.78. The first-order chi connectivity index (χ1) is 7.29. The number of anilines is 1. The Morgan fingerprint density at radius 2 is 2.00 bits per heavy atom. The molecule has 1 aliphatic heterocycles. The van der Waals surface area contributed by atoms with Crippen molar-refractivity contribution in [3.8, 4) is 5.69 Å². The fourth-order valence-electron chi connectivity index (χ4n) is 2.01. The van der Waals surface area contributed by atoms with Crippen LogP contribution in [0, 0.1) is 0 Å². The molecule has 1 aromatic carbocycles. The predicted molar refractivity (Wildman–Crippen MR) is 56.2 cm³/mol. The number of aromatic nitrogens is 2. The van der Waals surface area contributed by atoms with Gasteiger partial charge in [0, 0.05) is 0 Å². The first kappa shape index (κ1) is 8.49. The summed E-state index contributed by atoms with van der Waals surface area (Å²) >= 11 is 0. The van der Waals surface area contributed by atoms with Crippen molar-refractivity contribution < 1.29 is 5.21 Å². The van der Waals surface area contributed by atoms with E-state index in [0.717, 1.165) is 17.1 Å². The first-order valence-electron chi connectivity index (χ1n) is 4.89. The summed E-state index contributed by atoms with van der Waals surface area (Å²) in [5, 5.41) is 11.3. The van der Waals surface area contributed by atoms with Crippen LogP contribution in [0.4, 0.5) is 5.69 Å². The molecule has 0 amide bonds. The summed E-state index contributed by atoms with van der Waals surface area (Å²) in [7, 11) is 0. The first-order valence-corrected chi connectivity index (χ1v) is 4.89. The van der Waals surface area contributed by atoms with Gasteiger partial charge in [0.15, 0.2) is 0 Å². The fraction of sp³-hybridized carbons (Fsp3) is 0.182. The van der Waals surface area contributed by atoms with Crippen molar-refractivity contribution in [1.82, 2.24) is 9.55 Å². The molecule has 0 bridgehead atoms. The molecule has 0 saturated carbocycles. The number of imidazole rings is 1. The van der Waals surface area contributed by atoms with Crippen molar-refractivity contribution in [3.63, 3.8) is 0 Å². The fourth-order valence-corrected chi connectivity index (χ4v) is 2.01. The van der Waals surface area contributed by atoms with Crippen LogP contribution in [0.25, 0.3) is 5.69 Å². The number of benzene rings is 1. The van der Waals surface area contributed by atoms with E-state index in [-0.39, 0.29) is 6.04 Å². The molecule has 2 heterocycles. The van der Waals surface area contributed by atoms with Gasteiger partial charge in [-0.3, -0.25) is 9.77 Å². The molecular weight excluding hydrogens is 190 g/mol. The summed E-state index contributed by atoms with van der Waals surface area (Å²) in [6.45, 7) is 1.95. The molecule has 0 fully saturated rings. The number of para-hydroxylation sites is 2. The lowest BCUT2D eigenvalue weighted by atomic mass is 10.1. The zero-order chi connectivity index (χ0) is 10.4. The normalized spacial score (nSPS) is 18.5. The third-order valence-electron chi connectivity index (χ3n) is 2.85. The SMILES string of the molecule is CC1c2cncn2-c2ccccc2N1O. The van der Waals surface area contributed by atoms with Crippen LogP contribution in [-0.4, -0.2) is 14.8 Å². The van der Waals surface area contributed by atoms with Gasteiger partial charge < -0.3 is 0 Å². The van der Waals surface area contributed by atoms with E-state index in [2.05, 4.69) is 4.98 Å². The Hall–Kier alpha value is -1.81. The van der Waals surface area contributed by atoms with E-state index in [1.54, 1.807) is 12.5 Å². The Kier molecular flexibility index (Phi) is 1.61. The average molecular weight is 201 g/mol. The van der Waals surface area contributed by atoms with Gasteiger partial charge >= 0.3 is 0 Å². The lowest BCUT2D eigenvalue weighted by molar-refractivity contribution is 0.216. The highest BCUT2D eigenvalue weighted by molar-refractivity contribution is 5.64. The topological polar surface area (TPSA) is 41.3 Å². The third kappa shape index (κ3) is 1.02. The van der Waals surface area contributed by atoms with E-state index in [1.807, 2.05) is 35.8 Å². The Balaban J connectivity index is 2.32. The zero-order valence-corrected chi connectivity index (χ0v) is 8.33. The van der Waals surface area contributed by atoms with Gasteiger partial charge in [0.05, 0.1) is 35.6 Å². The monoisotopic (exact) mass is 201 g/mol. The molecule has 1 atom stereocenters. The van der Waals surface area contributed by atoms with Crippen LogP contribution < -0.4 is 5.06 Å². The maximum absolute atomic E-state index is 9.99. The van der Waals surface area contributed by atoms with Crippen molar-refractivity contribution in [2.24, 2.45) is 0 Å². The summed E-state index contributed by atoms with van der Waals surface area (Å²) < 4.78 is 2.01. The van der Waals surface area contributed by atoms with E-state index in [4.69, 9.17) is 0 Å². The second kappa shape index (κ2) is 2.84. The van der Waals surface area contributed by atoms with Crippen LogP contribution in [0.15, 0.2) is 36.8 Å². The minimum Gasteiger partial charge on any atom is -0.299 e. The molecule has 1 unspecified atom stereocenters. The number of hydroxylamine groups is 1. The summed E-state index contributed by atoms with van der Waals surface area (Å²) in [5.74, 6) is 0. The molecule has 76 valence electrons. The summed E-state index contributed by atoms with van der Waals surface area (Å²) in [6.07, 6.45) is 3.56. The average Bonchev–Trinajstić information content (AvgIpc) is 2.75. The van der Waals surface area contributed by atoms with E-state index >= 15 is 0 Å². The quantitative estimate of drug-likeness (QED) is 0.710. The Morgan fingerprint density at radius 1 is 1.27 bits per heavy atom. The largest absolute Gasteiger partial charge is 0.299 e. The van der Waals surface area contributed by atoms with Crippen molar-refractivity contribution in [3.05, 3.63) is 42.5 Å². The maximum Gasteiger partial charge on any atom is 0.0995 e. The molecule has 2 aromatic rings. The standard InChI is InChI=1S/C11H11N3O/c1-8-11-6-12-7-13(11)9-4-2-3-5-10(9)14(8)15/h2-8,15H,1H3. The van der Waals surface area contributed by atoms with Crippen LogP contribution in [-0.2, 0) is 0 Å². The van der Waals surface area contributed by atoms with Gasteiger partial charge in [0.25, 0.3) is 0 Å². The molecule has 1 N–H and O–H groups in total. The van der Waals surface area contributed by atoms with Crippen molar-refractivity contribution >= 4 is 5.69 Å². The smallest absolute Gasteiger partial charge is 0.0995 e. The Morgan fingerprint density at radius 3 is 2.80 bits per heavy atom. The van der Waals surface area contributed by atoms with Gasteiger partial charge in [0.2, 0.25) is 0 Å². The zero-order valence-electron chi connectivity index (χ0n) is 8.33. The highest BCUT2D eigenvalue weighted by atomic mass is 16.5. The van der Waals surface area contributed by atoms with Gasteiger partial charge in [-0.25, -0.2) is 10.0 Å². The van der Waals surface area contributed by atoms with Crippen LogP contribution in [0.5, 0.6) is 0 Å². The van der Waals surface area contributed by atoms with Gasteiger partial charge in [-0.2, -0.15) is 0 Å². The van der Waals surface area contributed by atoms with Gasteiger partial charge in [0.1, 0.15) is 0 Å². The van der Waals surface area contributed by atoms with Gasteiger partial charge in [-0.1, -0.05) is 12.1 Å². The second-order valence-corrected chi connectivity index (χ2v) is 3.70. The molecule has 0 radical (unpaired) electrons. The Bertz CT molecular complexity index is 506. The summed E-state index contributed by atoms with van der Waals surface area (Å²) in [6, 6.07) is 7.66. The van der Waals surface area contributed by atoms with Crippen LogP contribution in [0.2, 0.25) is 0 Å². The highest BCUT2D eigenvalue weighted by Gasteiger charge is 2.26. The molecule has 4 nitrogen and oxygen atoms in total. The molecular formula is C11H11N3O. The number of hydrogen-bond donors (Lipinski definition) is 1. The number of fused-ring (bicyclic) bond motifs is 3. The van der Waals surface area contributed by atoms with Crippen LogP contribution in [0.3, 0.4) is 0 Å². The lowest BCUT2D eigenvalue weighted by Crippen LogP contribution is -2.29. The molecule has 0 aliphatic carbocycles. The molecule has 0 saturated heterocycles. The molecule has 0 spiro atoms.